The van der Waals surface area contributed by atoms with E-state index in [9.17, 15) is 25.0 Å². The van der Waals surface area contributed by atoms with Gasteiger partial charge in [-0.15, -0.1) is 0 Å². The van der Waals surface area contributed by atoms with Crippen molar-refractivity contribution < 1.29 is 28.7 Å². The monoisotopic (exact) mass is 422 g/mol. The maximum Gasteiger partial charge on any atom is 0.313 e. The minimum absolute atomic E-state index is 0.0844. The molecule has 0 amide bonds. The lowest BCUT2D eigenvalue weighted by Crippen LogP contribution is -2.12. The van der Waals surface area contributed by atoms with Gasteiger partial charge in [0.1, 0.15) is 6.42 Å². The van der Waals surface area contributed by atoms with E-state index in [-0.39, 0.29) is 25.5 Å². The highest BCUT2D eigenvalue weighted by atomic mass is 16.7. The Labute approximate surface area is 177 Å². The van der Waals surface area contributed by atoms with Crippen LogP contribution in [0, 0.1) is 21.4 Å². The molecule has 1 aliphatic heterocycles. The average Bonchev–Trinajstić information content (AvgIpc) is 3.23. The van der Waals surface area contributed by atoms with Crippen LogP contribution in [0.1, 0.15) is 29.9 Å². The van der Waals surface area contributed by atoms with Crippen molar-refractivity contribution in [3.8, 4) is 17.6 Å². The number of non-ortho nitro benzene ring substituents is 1. The standard InChI is InChI=1S/C22H18N2O7/c23-13-17(16-2-1-3-18(11-16)24(27)28)8-9-29-22(26)12-19(25)6-4-15-5-7-20-21(10-15)31-14-30-20/h1-7,10-11,17H,8-9,12,14H2. The van der Waals surface area contributed by atoms with Gasteiger partial charge in [0.05, 0.1) is 23.5 Å². The number of ketones is 1. The number of benzene rings is 2. The molecule has 0 fully saturated rings. The Kier molecular flexibility index (Phi) is 6.96. The number of carbonyl (C=O) groups excluding carboxylic acids is 2. The summed E-state index contributed by atoms with van der Waals surface area (Å²) in [5.41, 5.74) is 1.07. The van der Waals surface area contributed by atoms with Crippen molar-refractivity contribution in [2.45, 2.75) is 18.8 Å². The highest BCUT2D eigenvalue weighted by Crippen LogP contribution is 2.32. The summed E-state index contributed by atoms with van der Waals surface area (Å²) in [5, 5.41) is 20.2. The lowest BCUT2D eigenvalue weighted by atomic mass is 9.97. The molecule has 0 N–H and O–H groups in total. The zero-order chi connectivity index (χ0) is 22.2. The first kappa shape index (κ1) is 21.5. The SMILES string of the molecule is N#CC(CCOC(=O)CC(=O)C=Cc1ccc2c(c1)OCO2)c1cccc([N+](=O)[O-])c1. The van der Waals surface area contributed by atoms with Crippen LogP contribution in [0.2, 0.25) is 0 Å². The molecule has 0 bridgehead atoms. The summed E-state index contributed by atoms with van der Waals surface area (Å²) < 4.78 is 15.5. The number of esters is 1. The number of nitrogens with zero attached hydrogens (tertiary/aromatic N) is 2. The molecule has 0 radical (unpaired) electrons. The molecule has 3 rings (SSSR count). The maximum atomic E-state index is 12.0. The molecule has 9 heteroatoms. The first-order valence-corrected chi connectivity index (χ1v) is 9.36. The first-order chi connectivity index (χ1) is 15.0. The Hall–Kier alpha value is -4.19. The van der Waals surface area contributed by atoms with Crippen LogP contribution in [-0.4, -0.2) is 30.1 Å². The second-order valence-electron chi connectivity index (χ2n) is 6.63. The lowest BCUT2D eigenvalue weighted by molar-refractivity contribution is -0.384. The minimum atomic E-state index is -0.712. The van der Waals surface area contributed by atoms with Crippen LogP contribution >= 0.6 is 0 Å². The third-order valence-corrected chi connectivity index (χ3v) is 4.49. The van der Waals surface area contributed by atoms with E-state index < -0.39 is 29.0 Å². The summed E-state index contributed by atoms with van der Waals surface area (Å²) in [6.07, 6.45) is 2.56. The van der Waals surface area contributed by atoms with E-state index in [1.54, 1.807) is 30.3 Å². The van der Waals surface area contributed by atoms with Crippen LogP contribution in [0.5, 0.6) is 11.5 Å². The van der Waals surface area contributed by atoms with E-state index in [0.717, 1.165) is 5.56 Å². The van der Waals surface area contributed by atoms with Gasteiger partial charge in [0.15, 0.2) is 17.3 Å². The number of carbonyl (C=O) groups is 2. The molecule has 0 saturated carbocycles. The molecule has 158 valence electrons. The van der Waals surface area contributed by atoms with E-state index >= 15 is 0 Å². The molecule has 2 aromatic rings. The van der Waals surface area contributed by atoms with Crippen LogP contribution < -0.4 is 9.47 Å². The van der Waals surface area contributed by atoms with Gasteiger partial charge in [-0.05, 0) is 29.3 Å². The predicted octanol–water partition coefficient (Wildman–Crippen LogP) is 3.54. The van der Waals surface area contributed by atoms with Gasteiger partial charge in [0.25, 0.3) is 5.69 Å². The molecule has 1 unspecified atom stereocenters. The highest BCUT2D eigenvalue weighted by Gasteiger charge is 2.16. The Morgan fingerprint density at radius 1 is 1.23 bits per heavy atom. The number of allylic oxidation sites excluding steroid dienone is 1. The number of ether oxygens (including phenoxy) is 3. The van der Waals surface area contributed by atoms with Crippen LogP contribution in [0.4, 0.5) is 5.69 Å². The third kappa shape index (κ3) is 5.90. The van der Waals surface area contributed by atoms with Gasteiger partial charge in [-0.3, -0.25) is 19.7 Å². The van der Waals surface area contributed by atoms with Crippen molar-refractivity contribution >= 4 is 23.5 Å². The number of hydrogen-bond acceptors (Lipinski definition) is 8. The predicted molar refractivity (Wildman–Crippen MR) is 108 cm³/mol. The van der Waals surface area contributed by atoms with E-state index in [4.69, 9.17) is 14.2 Å². The zero-order valence-corrected chi connectivity index (χ0v) is 16.4. The van der Waals surface area contributed by atoms with E-state index in [2.05, 4.69) is 0 Å². The molecule has 1 heterocycles. The Morgan fingerprint density at radius 3 is 2.81 bits per heavy atom. The van der Waals surface area contributed by atoms with E-state index in [1.807, 2.05) is 6.07 Å². The summed E-state index contributed by atoms with van der Waals surface area (Å²) in [6.45, 7) is 0.0694. The van der Waals surface area contributed by atoms with Gasteiger partial charge in [-0.25, -0.2) is 0 Å². The molecular formula is C22H18N2O7. The van der Waals surface area contributed by atoms with Crippen molar-refractivity contribution in [3.05, 3.63) is 69.8 Å². The normalized spacial score (nSPS) is 12.9. The number of rotatable bonds is 9. The molecular weight excluding hydrogens is 404 g/mol. The molecule has 0 spiro atoms. The molecule has 2 aromatic carbocycles. The molecule has 1 atom stereocenters. The van der Waals surface area contributed by atoms with Crippen molar-refractivity contribution in [2.75, 3.05) is 13.4 Å². The highest BCUT2D eigenvalue weighted by molar-refractivity contribution is 6.04. The summed E-state index contributed by atoms with van der Waals surface area (Å²) in [5.74, 6) is -0.596. The topological polar surface area (TPSA) is 129 Å². The molecule has 0 aliphatic carbocycles. The summed E-state index contributed by atoms with van der Waals surface area (Å²) in [4.78, 5) is 34.2. The third-order valence-electron chi connectivity index (χ3n) is 4.49. The van der Waals surface area contributed by atoms with Gasteiger partial charge in [-0.2, -0.15) is 5.26 Å². The van der Waals surface area contributed by atoms with Gasteiger partial charge in [0.2, 0.25) is 6.79 Å². The fraction of sp³-hybridized carbons (Fsp3) is 0.227. The zero-order valence-electron chi connectivity index (χ0n) is 16.4. The summed E-state index contributed by atoms with van der Waals surface area (Å²) in [6, 6.07) is 13.0. The Bertz CT molecular complexity index is 1070. The van der Waals surface area contributed by atoms with Crippen LogP contribution in [0.3, 0.4) is 0 Å². The number of hydrogen-bond donors (Lipinski definition) is 0. The minimum Gasteiger partial charge on any atom is -0.465 e. The average molecular weight is 422 g/mol. The smallest absolute Gasteiger partial charge is 0.313 e. The summed E-state index contributed by atoms with van der Waals surface area (Å²) >= 11 is 0. The molecule has 0 saturated heterocycles. The quantitative estimate of drug-likeness (QED) is 0.197. The van der Waals surface area contributed by atoms with Crippen molar-refractivity contribution in [1.29, 1.82) is 5.26 Å². The van der Waals surface area contributed by atoms with Gasteiger partial charge < -0.3 is 14.2 Å². The number of nitriles is 1. The van der Waals surface area contributed by atoms with Crippen molar-refractivity contribution in [2.24, 2.45) is 0 Å². The largest absolute Gasteiger partial charge is 0.465 e. The van der Waals surface area contributed by atoms with Crippen molar-refractivity contribution in [3.63, 3.8) is 0 Å². The molecule has 31 heavy (non-hydrogen) atoms. The second kappa shape index (κ2) is 10.0. The Morgan fingerprint density at radius 2 is 2.03 bits per heavy atom. The maximum absolute atomic E-state index is 12.0. The van der Waals surface area contributed by atoms with Gasteiger partial charge in [-0.1, -0.05) is 24.3 Å². The number of nitro groups is 1. The van der Waals surface area contributed by atoms with Crippen molar-refractivity contribution in [1.82, 2.24) is 0 Å². The number of nitro benzene ring substituents is 1. The van der Waals surface area contributed by atoms with Gasteiger partial charge in [0, 0.05) is 18.6 Å². The van der Waals surface area contributed by atoms with Crippen LogP contribution in [0.25, 0.3) is 6.08 Å². The van der Waals surface area contributed by atoms with E-state index in [1.165, 1.54) is 24.3 Å². The second-order valence-corrected chi connectivity index (χ2v) is 6.63. The van der Waals surface area contributed by atoms with Crippen LogP contribution in [0.15, 0.2) is 48.5 Å². The van der Waals surface area contributed by atoms with Crippen LogP contribution in [-0.2, 0) is 14.3 Å². The molecule has 0 aromatic heterocycles. The molecule has 9 nitrogen and oxygen atoms in total. The lowest BCUT2D eigenvalue weighted by Gasteiger charge is -2.09. The summed E-state index contributed by atoms with van der Waals surface area (Å²) in [7, 11) is 0. The first-order valence-electron chi connectivity index (χ1n) is 9.36. The fourth-order valence-corrected chi connectivity index (χ4v) is 2.91. The van der Waals surface area contributed by atoms with E-state index in [0.29, 0.717) is 17.1 Å². The molecule has 1 aliphatic rings. The number of fused-ring (bicyclic) bond motifs is 1. The Balaban J connectivity index is 1.46. The van der Waals surface area contributed by atoms with Gasteiger partial charge >= 0.3 is 5.97 Å². The fourth-order valence-electron chi connectivity index (χ4n) is 2.91.